The van der Waals surface area contributed by atoms with Gasteiger partial charge in [-0.2, -0.15) is 0 Å². The Hall–Kier alpha value is -1.32. The lowest BCUT2D eigenvalue weighted by atomic mass is 10.1. The van der Waals surface area contributed by atoms with Gasteiger partial charge in [-0.3, -0.25) is 0 Å². The molecule has 1 heterocycles. The first kappa shape index (κ1) is 12.7. The number of nitrogens with one attached hydrogen (secondary N) is 1. The SMILES string of the molecule is Cc1c(N)nc(C2CC2)nc1NCC1CCC(C)C1. The van der Waals surface area contributed by atoms with Crippen LogP contribution in [0.2, 0.25) is 0 Å². The normalized spacial score (nSPS) is 26.6. The van der Waals surface area contributed by atoms with Crippen molar-refractivity contribution in [1.82, 2.24) is 9.97 Å². The van der Waals surface area contributed by atoms with Crippen LogP contribution in [0.3, 0.4) is 0 Å². The van der Waals surface area contributed by atoms with Crippen LogP contribution in [0, 0.1) is 18.8 Å². The van der Waals surface area contributed by atoms with E-state index in [2.05, 4.69) is 22.2 Å². The maximum atomic E-state index is 6.00. The Bertz CT molecular complexity index is 467. The highest BCUT2D eigenvalue weighted by Crippen LogP contribution is 2.39. The highest BCUT2D eigenvalue weighted by molar-refractivity contribution is 5.55. The summed E-state index contributed by atoms with van der Waals surface area (Å²) in [5.41, 5.74) is 7.00. The van der Waals surface area contributed by atoms with Crippen molar-refractivity contribution in [2.24, 2.45) is 11.8 Å². The molecule has 4 heteroatoms. The monoisotopic (exact) mass is 260 g/mol. The Labute approximate surface area is 115 Å². The first-order chi connectivity index (χ1) is 9.13. The highest BCUT2D eigenvalue weighted by Gasteiger charge is 2.28. The van der Waals surface area contributed by atoms with E-state index in [0.29, 0.717) is 11.7 Å². The number of nitrogen functional groups attached to an aromatic ring is 1. The van der Waals surface area contributed by atoms with Crippen molar-refractivity contribution in [2.45, 2.75) is 51.9 Å². The van der Waals surface area contributed by atoms with Crippen molar-refractivity contribution in [1.29, 1.82) is 0 Å². The van der Waals surface area contributed by atoms with Gasteiger partial charge in [-0.15, -0.1) is 0 Å². The second kappa shape index (κ2) is 4.99. The lowest BCUT2D eigenvalue weighted by molar-refractivity contribution is 0.536. The van der Waals surface area contributed by atoms with Gasteiger partial charge in [-0.1, -0.05) is 13.3 Å². The van der Waals surface area contributed by atoms with E-state index in [1.54, 1.807) is 0 Å². The predicted octanol–water partition coefficient (Wildman–Crippen LogP) is 3.09. The van der Waals surface area contributed by atoms with Crippen LogP contribution >= 0.6 is 0 Å². The summed E-state index contributed by atoms with van der Waals surface area (Å²) in [5.74, 6) is 4.74. The summed E-state index contributed by atoms with van der Waals surface area (Å²) in [6.45, 7) is 5.37. The first-order valence-electron chi connectivity index (χ1n) is 7.51. The van der Waals surface area contributed by atoms with Crippen molar-refractivity contribution in [2.75, 3.05) is 17.6 Å². The van der Waals surface area contributed by atoms with E-state index in [1.807, 2.05) is 6.92 Å². The Morgan fingerprint density at radius 1 is 1.21 bits per heavy atom. The molecule has 1 aromatic rings. The van der Waals surface area contributed by atoms with E-state index >= 15 is 0 Å². The standard InChI is InChI=1S/C15H24N4/c1-9-3-4-11(7-9)8-17-14-10(2)13(16)18-15(19-14)12-5-6-12/h9,11-12H,3-8H2,1-2H3,(H3,16,17,18,19). The molecule has 4 nitrogen and oxygen atoms in total. The lowest BCUT2D eigenvalue weighted by Crippen LogP contribution is -2.15. The molecule has 3 N–H and O–H groups in total. The number of aromatic nitrogens is 2. The second-order valence-corrected chi connectivity index (χ2v) is 6.38. The molecule has 2 atom stereocenters. The molecular weight excluding hydrogens is 236 g/mol. The number of nitrogens with two attached hydrogens (primary N) is 1. The Morgan fingerprint density at radius 3 is 2.63 bits per heavy atom. The van der Waals surface area contributed by atoms with Crippen LogP contribution in [-0.4, -0.2) is 16.5 Å². The van der Waals surface area contributed by atoms with Crippen molar-refractivity contribution in [3.05, 3.63) is 11.4 Å². The molecule has 0 saturated heterocycles. The Balaban J connectivity index is 1.69. The van der Waals surface area contributed by atoms with Gasteiger partial charge in [-0.05, 0) is 44.4 Å². The maximum absolute atomic E-state index is 6.00. The second-order valence-electron chi connectivity index (χ2n) is 6.38. The molecule has 0 radical (unpaired) electrons. The van der Waals surface area contributed by atoms with E-state index in [4.69, 9.17) is 5.73 Å². The zero-order chi connectivity index (χ0) is 13.4. The van der Waals surface area contributed by atoms with Gasteiger partial charge in [0.1, 0.15) is 17.5 Å². The molecule has 0 spiro atoms. The molecule has 2 saturated carbocycles. The molecular formula is C15H24N4. The largest absolute Gasteiger partial charge is 0.383 e. The fraction of sp³-hybridized carbons (Fsp3) is 0.733. The molecule has 2 aliphatic carbocycles. The fourth-order valence-electron chi connectivity index (χ4n) is 3.00. The quantitative estimate of drug-likeness (QED) is 0.873. The summed E-state index contributed by atoms with van der Waals surface area (Å²) < 4.78 is 0. The third-order valence-corrected chi connectivity index (χ3v) is 4.50. The average Bonchev–Trinajstić information content (AvgIpc) is 3.15. The van der Waals surface area contributed by atoms with Gasteiger partial charge in [0.05, 0.1) is 0 Å². The van der Waals surface area contributed by atoms with Crippen LogP contribution < -0.4 is 11.1 Å². The summed E-state index contributed by atoms with van der Waals surface area (Å²) in [7, 11) is 0. The number of nitrogens with zero attached hydrogens (tertiary/aromatic N) is 2. The van der Waals surface area contributed by atoms with Crippen LogP contribution in [0.25, 0.3) is 0 Å². The molecule has 0 aromatic carbocycles. The number of rotatable bonds is 4. The summed E-state index contributed by atoms with van der Waals surface area (Å²) in [5, 5.41) is 3.51. The van der Waals surface area contributed by atoms with E-state index in [-0.39, 0.29) is 0 Å². The fourth-order valence-corrected chi connectivity index (χ4v) is 3.00. The van der Waals surface area contributed by atoms with Crippen LogP contribution in [0.4, 0.5) is 11.6 Å². The van der Waals surface area contributed by atoms with E-state index in [9.17, 15) is 0 Å². The molecule has 3 rings (SSSR count). The van der Waals surface area contributed by atoms with Crippen molar-refractivity contribution in [3.63, 3.8) is 0 Å². The number of hydrogen-bond acceptors (Lipinski definition) is 4. The first-order valence-corrected chi connectivity index (χ1v) is 7.51. The van der Waals surface area contributed by atoms with Crippen LogP contribution in [0.1, 0.15) is 56.3 Å². The minimum atomic E-state index is 0.551. The van der Waals surface area contributed by atoms with Gasteiger partial charge in [0.15, 0.2) is 0 Å². The zero-order valence-electron chi connectivity index (χ0n) is 11.9. The van der Waals surface area contributed by atoms with Crippen LogP contribution in [0.15, 0.2) is 0 Å². The van der Waals surface area contributed by atoms with Gasteiger partial charge in [0, 0.05) is 18.0 Å². The maximum Gasteiger partial charge on any atom is 0.136 e. The molecule has 104 valence electrons. The molecule has 1 aromatic heterocycles. The predicted molar refractivity (Wildman–Crippen MR) is 78.2 cm³/mol. The molecule has 2 unspecified atom stereocenters. The van der Waals surface area contributed by atoms with E-state index in [1.165, 1.54) is 32.1 Å². The van der Waals surface area contributed by atoms with E-state index in [0.717, 1.165) is 35.6 Å². The summed E-state index contributed by atoms with van der Waals surface area (Å²) in [6.07, 6.45) is 6.46. The molecule has 0 bridgehead atoms. The van der Waals surface area contributed by atoms with Gasteiger partial charge < -0.3 is 11.1 Å². The number of hydrogen-bond donors (Lipinski definition) is 2. The molecule has 0 amide bonds. The Kier molecular flexibility index (Phi) is 3.33. The van der Waals surface area contributed by atoms with Crippen LogP contribution in [0.5, 0.6) is 0 Å². The van der Waals surface area contributed by atoms with Crippen molar-refractivity contribution < 1.29 is 0 Å². The lowest BCUT2D eigenvalue weighted by Gasteiger charge is -2.15. The summed E-state index contributed by atoms with van der Waals surface area (Å²) in [4.78, 5) is 9.09. The smallest absolute Gasteiger partial charge is 0.136 e. The summed E-state index contributed by atoms with van der Waals surface area (Å²) in [6, 6.07) is 0. The minimum Gasteiger partial charge on any atom is -0.383 e. The molecule has 19 heavy (non-hydrogen) atoms. The van der Waals surface area contributed by atoms with Gasteiger partial charge in [0.25, 0.3) is 0 Å². The van der Waals surface area contributed by atoms with E-state index < -0.39 is 0 Å². The van der Waals surface area contributed by atoms with Crippen LogP contribution in [-0.2, 0) is 0 Å². The minimum absolute atomic E-state index is 0.551. The molecule has 0 aliphatic heterocycles. The molecule has 2 aliphatic rings. The van der Waals surface area contributed by atoms with Gasteiger partial charge in [-0.25, -0.2) is 9.97 Å². The van der Waals surface area contributed by atoms with Gasteiger partial charge >= 0.3 is 0 Å². The van der Waals surface area contributed by atoms with Crippen molar-refractivity contribution in [3.8, 4) is 0 Å². The summed E-state index contributed by atoms with van der Waals surface area (Å²) >= 11 is 0. The highest BCUT2D eigenvalue weighted by atomic mass is 15.1. The topological polar surface area (TPSA) is 63.8 Å². The van der Waals surface area contributed by atoms with Crippen molar-refractivity contribution >= 4 is 11.6 Å². The number of anilines is 2. The molecule has 2 fully saturated rings. The Morgan fingerprint density at radius 2 is 2.00 bits per heavy atom. The van der Waals surface area contributed by atoms with Gasteiger partial charge in [0.2, 0.25) is 0 Å². The third-order valence-electron chi connectivity index (χ3n) is 4.50. The zero-order valence-corrected chi connectivity index (χ0v) is 11.9. The average molecular weight is 260 g/mol. The third kappa shape index (κ3) is 2.82.